The Morgan fingerprint density at radius 1 is 1.03 bits per heavy atom. The normalized spacial score (nSPS) is 14.6. The lowest BCUT2D eigenvalue weighted by Gasteiger charge is -2.34. The van der Waals surface area contributed by atoms with Crippen molar-refractivity contribution in [2.45, 2.75) is 33.2 Å². The molecule has 0 radical (unpaired) electrons. The van der Waals surface area contributed by atoms with E-state index in [1.807, 2.05) is 23.1 Å². The number of piperazine rings is 1. The highest BCUT2D eigenvalue weighted by atomic mass is 16.2. The minimum absolute atomic E-state index is 0.0930. The first-order chi connectivity index (χ1) is 15.5. The van der Waals surface area contributed by atoms with Gasteiger partial charge >= 0.3 is 0 Å². The molecule has 32 heavy (non-hydrogen) atoms. The number of carbonyl (C=O) groups is 2. The van der Waals surface area contributed by atoms with E-state index >= 15 is 0 Å². The van der Waals surface area contributed by atoms with Gasteiger partial charge in [0.1, 0.15) is 5.65 Å². The molecule has 1 aromatic carbocycles. The molecule has 1 aliphatic heterocycles. The van der Waals surface area contributed by atoms with E-state index in [-0.39, 0.29) is 11.8 Å². The monoisotopic (exact) mass is 433 g/mol. The Bertz CT molecular complexity index is 1080. The molecule has 0 unspecified atom stereocenters. The van der Waals surface area contributed by atoms with Gasteiger partial charge in [-0.25, -0.2) is 4.98 Å². The number of benzene rings is 1. The number of carbonyl (C=O) groups excluding carboxylic acids is 2. The molecule has 1 saturated heterocycles. The van der Waals surface area contributed by atoms with Crippen molar-refractivity contribution < 1.29 is 9.59 Å². The highest BCUT2D eigenvalue weighted by Gasteiger charge is 2.22. The van der Waals surface area contributed by atoms with Crippen LogP contribution < -0.4 is 5.32 Å². The van der Waals surface area contributed by atoms with Crippen LogP contribution in [0, 0.1) is 13.8 Å². The SMILES string of the molecule is Cc1ccn2c(CN3CCN(C(=O)CCCNC(=O)c4ccccc4)CC3)c(C)nc2c1. The van der Waals surface area contributed by atoms with Crippen molar-refractivity contribution in [2.24, 2.45) is 0 Å². The lowest BCUT2D eigenvalue weighted by molar-refractivity contribution is -0.133. The summed E-state index contributed by atoms with van der Waals surface area (Å²) in [5.41, 5.74) is 5.12. The van der Waals surface area contributed by atoms with Gasteiger partial charge in [-0.3, -0.25) is 14.5 Å². The topological polar surface area (TPSA) is 70.0 Å². The van der Waals surface area contributed by atoms with E-state index in [2.05, 4.69) is 46.8 Å². The summed E-state index contributed by atoms with van der Waals surface area (Å²) in [6.45, 7) is 8.68. The number of amides is 2. The zero-order valence-electron chi connectivity index (χ0n) is 18.9. The maximum Gasteiger partial charge on any atom is 0.251 e. The summed E-state index contributed by atoms with van der Waals surface area (Å²) < 4.78 is 2.17. The van der Waals surface area contributed by atoms with Gasteiger partial charge in [0.05, 0.1) is 11.4 Å². The van der Waals surface area contributed by atoms with E-state index in [0.717, 1.165) is 44.1 Å². The molecule has 0 atom stereocenters. The standard InChI is InChI=1S/C25H31N5O2/c1-19-10-12-30-22(20(2)27-23(30)17-19)18-28-13-15-29(16-14-28)24(31)9-6-11-26-25(32)21-7-4-3-5-8-21/h3-5,7-8,10,12,17H,6,9,11,13-16,18H2,1-2H3,(H,26,32). The number of rotatable bonds is 7. The van der Waals surface area contributed by atoms with Crippen molar-refractivity contribution in [3.05, 3.63) is 71.2 Å². The van der Waals surface area contributed by atoms with Crippen molar-refractivity contribution >= 4 is 17.5 Å². The number of nitrogens with one attached hydrogen (secondary N) is 1. The molecule has 4 rings (SSSR count). The second-order valence-electron chi connectivity index (χ2n) is 8.46. The molecule has 2 aromatic heterocycles. The smallest absolute Gasteiger partial charge is 0.251 e. The first-order valence-electron chi connectivity index (χ1n) is 11.3. The molecule has 3 aromatic rings. The van der Waals surface area contributed by atoms with Crippen LogP contribution in [0.1, 0.15) is 40.2 Å². The van der Waals surface area contributed by atoms with Crippen LogP contribution in [-0.2, 0) is 11.3 Å². The molecule has 2 amide bonds. The average molecular weight is 434 g/mol. The fourth-order valence-corrected chi connectivity index (χ4v) is 4.16. The van der Waals surface area contributed by atoms with E-state index in [1.54, 1.807) is 12.1 Å². The number of aromatic nitrogens is 2. The number of fused-ring (bicyclic) bond motifs is 1. The van der Waals surface area contributed by atoms with Gasteiger partial charge in [0.2, 0.25) is 5.91 Å². The number of pyridine rings is 1. The zero-order chi connectivity index (χ0) is 22.5. The van der Waals surface area contributed by atoms with E-state index in [0.29, 0.717) is 24.9 Å². The van der Waals surface area contributed by atoms with Crippen LogP contribution in [0.5, 0.6) is 0 Å². The van der Waals surface area contributed by atoms with Crippen LogP contribution in [-0.4, -0.2) is 63.7 Å². The first kappa shape index (κ1) is 22.0. The Labute approximate surface area is 189 Å². The van der Waals surface area contributed by atoms with Crippen LogP contribution in [0.3, 0.4) is 0 Å². The molecule has 0 bridgehead atoms. The first-order valence-corrected chi connectivity index (χ1v) is 11.3. The van der Waals surface area contributed by atoms with Crippen molar-refractivity contribution in [1.29, 1.82) is 0 Å². The Morgan fingerprint density at radius 3 is 2.53 bits per heavy atom. The minimum atomic E-state index is -0.0930. The number of hydrogen-bond donors (Lipinski definition) is 1. The van der Waals surface area contributed by atoms with Crippen molar-refractivity contribution in [2.75, 3.05) is 32.7 Å². The Morgan fingerprint density at radius 2 is 1.78 bits per heavy atom. The molecule has 0 aliphatic carbocycles. The lowest BCUT2D eigenvalue weighted by Crippen LogP contribution is -2.48. The highest BCUT2D eigenvalue weighted by molar-refractivity contribution is 5.94. The third-order valence-electron chi connectivity index (χ3n) is 6.07. The van der Waals surface area contributed by atoms with Gasteiger partial charge in [-0.15, -0.1) is 0 Å². The second-order valence-corrected chi connectivity index (χ2v) is 8.46. The number of nitrogens with zero attached hydrogens (tertiary/aromatic N) is 4. The van der Waals surface area contributed by atoms with Crippen LogP contribution in [0.15, 0.2) is 48.7 Å². The second kappa shape index (κ2) is 9.96. The molecular formula is C25H31N5O2. The van der Waals surface area contributed by atoms with E-state index in [1.165, 1.54) is 11.3 Å². The van der Waals surface area contributed by atoms with Crippen LogP contribution >= 0.6 is 0 Å². The lowest BCUT2D eigenvalue weighted by atomic mass is 10.2. The van der Waals surface area contributed by atoms with Crippen molar-refractivity contribution in [1.82, 2.24) is 24.5 Å². The van der Waals surface area contributed by atoms with Crippen LogP contribution in [0.4, 0.5) is 0 Å². The Balaban J connectivity index is 1.20. The van der Waals surface area contributed by atoms with E-state index in [4.69, 9.17) is 4.98 Å². The average Bonchev–Trinajstić information content (AvgIpc) is 3.11. The predicted octanol–water partition coefficient (Wildman–Crippen LogP) is 2.81. The molecule has 3 heterocycles. The maximum absolute atomic E-state index is 12.6. The van der Waals surface area contributed by atoms with Gasteiger partial charge in [0.25, 0.3) is 5.91 Å². The van der Waals surface area contributed by atoms with Gasteiger partial charge in [-0.1, -0.05) is 18.2 Å². The van der Waals surface area contributed by atoms with Gasteiger partial charge in [0, 0.05) is 57.4 Å². The van der Waals surface area contributed by atoms with Gasteiger partial charge in [0.15, 0.2) is 0 Å². The molecule has 168 valence electrons. The third kappa shape index (κ3) is 5.16. The highest BCUT2D eigenvalue weighted by Crippen LogP contribution is 2.17. The largest absolute Gasteiger partial charge is 0.352 e. The number of aryl methyl sites for hydroxylation is 2. The summed E-state index contributed by atoms with van der Waals surface area (Å²) in [4.78, 5) is 33.7. The van der Waals surface area contributed by atoms with Crippen LogP contribution in [0.2, 0.25) is 0 Å². The summed E-state index contributed by atoms with van der Waals surface area (Å²) in [6, 6.07) is 13.4. The van der Waals surface area contributed by atoms with Crippen molar-refractivity contribution in [3.8, 4) is 0 Å². The summed E-state index contributed by atoms with van der Waals surface area (Å²) in [6.07, 6.45) is 3.20. The van der Waals surface area contributed by atoms with Gasteiger partial charge in [-0.05, 0) is 50.1 Å². The zero-order valence-corrected chi connectivity index (χ0v) is 18.9. The molecule has 0 saturated carbocycles. The number of imidazole rings is 1. The summed E-state index contributed by atoms with van der Waals surface area (Å²) in [5, 5.41) is 2.89. The molecular weight excluding hydrogens is 402 g/mol. The fraction of sp³-hybridized carbons (Fsp3) is 0.400. The third-order valence-corrected chi connectivity index (χ3v) is 6.07. The molecule has 1 aliphatic rings. The van der Waals surface area contributed by atoms with E-state index in [9.17, 15) is 9.59 Å². The minimum Gasteiger partial charge on any atom is -0.352 e. The molecule has 7 nitrogen and oxygen atoms in total. The molecule has 1 fully saturated rings. The van der Waals surface area contributed by atoms with Gasteiger partial charge in [-0.2, -0.15) is 0 Å². The maximum atomic E-state index is 12.6. The summed E-state index contributed by atoms with van der Waals surface area (Å²) in [7, 11) is 0. The summed E-state index contributed by atoms with van der Waals surface area (Å²) >= 11 is 0. The van der Waals surface area contributed by atoms with Crippen LogP contribution in [0.25, 0.3) is 5.65 Å². The fourth-order valence-electron chi connectivity index (χ4n) is 4.16. The molecule has 1 N–H and O–H groups in total. The number of hydrogen-bond acceptors (Lipinski definition) is 4. The molecule has 7 heteroatoms. The quantitative estimate of drug-likeness (QED) is 0.582. The molecule has 0 spiro atoms. The Kier molecular flexibility index (Phi) is 6.85. The summed E-state index contributed by atoms with van der Waals surface area (Å²) in [5.74, 6) is 0.0737. The van der Waals surface area contributed by atoms with E-state index < -0.39 is 0 Å². The van der Waals surface area contributed by atoms with Crippen molar-refractivity contribution in [3.63, 3.8) is 0 Å². The van der Waals surface area contributed by atoms with Gasteiger partial charge < -0.3 is 14.6 Å². The predicted molar refractivity (Wildman–Crippen MR) is 125 cm³/mol. The Hall–Kier alpha value is -3.19.